The van der Waals surface area contributed by atoms with Crippen LogP contribution in [0.3, 0.4) is 0 Å². The van der Waals surface area contributed by atoms with Crippen LogP contribution in [0.15, 0.2) is 41.6 Å². The van der Waals surface area contributed by atoms with Crippen molar-refractivity contribution in [2.24, 2.45) is 7.05 Å². The lowest BCUT2D eigenvalue weighted by molar-refractivity contribution is -0.113. The first-order valence-electron chi connectivity index (χ1n) is 8.90. The number of ether oxygens (including phenoxy) is 2. The van der Waals surface area contributed by atoms with Gasteiger partial charge >= 0.3 is 0 Å². The van der Waals surface area contributed by atoms with E-state index in [1.807, 2.05) is 25.1 Å². The zero-order valence-electron chi connectivity index (χ0n) is 16.6. The van der Waals surface area contributed by atoms with Crippen LogP contribution in [0.1, 0.15) is 11.4 Å². The number of amides is 1. The lowest BCUT2D eigenvalue weighted by atomic mass is 10.2. The van der Waals surface area contributed by atoms with Gasteiger partial charge in [-0.05, 0) is 36.8 Å². The van der Waals surface area contributed by atoms with Gasteiger partial charge in [0, 0.05) is 13.1 Å². The van der Waals surface area contributed by atoms with Crippen LogP contribution < -0.4 is 14.8 Å². The van der Waals surface area contributed by atoms with Crippen molar-refractivity contribution in [2.75, 3.05) is 18.2 Å². The van der Waals surface area contributed by atoms with E-state index in [0.29, 0.717) is 28.5 Å². The first kappa shape index (κ1) is 21.6. The highest BCUT2D eigenvalue weighted by atomic mass is 32.2. The van der Waals surface area contributed by atoms with Crippen molar-refractivity contribution < 1.29 is 23.0 Å². The Morgan fingerprint density at radius 1 is 1.17 bits per heavy atom. The third-order valence-corrected chi connectivity index (χ3v) is 5.16. The van der Waals surface area contributed by atoms with Gasteiger partial charge in [0.15, 0.2) is 22.5 Å². The average molecular weight is 434 g/mol. The molecule has 0 radical (unpaired) electrons. The van der Waals surface area contributed by atoms with Gasteiger partial charge in [-0.1, -0.05) is 17.8 Å². The summed E-state index contributed by atoms with van der Waals surface area (Å²) in [5, 5.41) is 11.0. The number of rotatable bonds is 8. The second-order valence-corrected chi connectivity index (χ2v) is 7.30. The number of benzene rings is 2. The molecule has 1 heterocycles. The maximum absolute atomic E-state index is 13.6. The third-order valence-electron chi connectivity index (χ3n) is 4.14. The molecule has 0 unspecified atom stereocenters. The number of thioether (sulfide) groups is 1. The summed E-state index contributed by atoms with van der Waals surface area (Å²) in [6, 6.07) is 8.56. The van der Waals surface area contributed by atoms with Crippen molar-refractivity contribution in [3.63, 3.8) is 0 Å². The van der Waals surface area contributed by atoms with Gasteiger partial charge in [0.2, 0.25) is 5.91 Å². The smallest absolute Gasteiger partial charge is 0.234 e. The van der Waals surface area contributed by atoms with Gasteiger partial charge in [0.25, 0.3) is 0 Å². The quantitative estimate of drug-likeness (QED) is 0.545. The van der Waals surface area contributed by atoms with Crippen LogP contribution in [0.4, 0.5) is 14.5 Å². The molecule has 0 saturated carbocycles. The predicted molar refractivity (Wildman–Crippen MR) is 109 cm³/mol. The fourth-order valence-corrected chi connectivity index (χ4v) is 3.27. The van der Waals surface area contributed by atoms with Crippen LogP contribution in [0, 0.1) is 18.6 Å². The Morgan fingerprint density at radius 3 is 2.70 bits per heavy atom. The second-order valence-electron chi connectivity index (χ2n) is 6.36. The molecular weight excluding hydrogens is 414 g/mol. The fraction of sp³-hybridized carbons (Fsp3) is 0.250. The van der Waals surface area contributed by atoms with Gasteiger partial charge in [-0.2, -0.15) is 0 Å². The highest BCUT2D eigenvalue weighted by molar-refractivity contribution is 7.99. The van der Waals surface area contributed by atoms with Crippen LogP contribution in [-0.4, -0.2) is 33.5 Å². The molecule has 0 saturated heterocycles. The number of aryl methyl sites for hydroxylation is 1. The summed E-state index contributed by atoms with van der Waals surface area (Å²) in [6.45, 7) is 2.12. The molecule has 0 aliphatic rings. The van der Waals surface area contributed by atoms with Crippen molar-refractivity contribution in [3.8, 4) is 11.5 Å². The minimum Gasteiger partial charge on any atom is -0.493 e. The summed E-state index contributed by atoms with van der Waals surface area (Å²) in [6.07, 6.45) is 0. The molecule has 1 amide bonds. The number of carbonyl (C=O) groups is 1. The van der Waals surface area contributed by atoms with Gasteiger partial charge in [0.05, 0.1) is 18.6 Å². The van der Waals surface area contributed by atoms with Crippen LogP contribution >= 0.6 is 11.8 Å². The summed E-state index contributed by atoms with van der Waals surface area (Å²) in [4.78, 5) is 12.1. The van der Waals surface area contributed by atoms with Gasteiger partial charge in [-0.25, -0.2) is 8.78 Å². The van der Waals surface area contributed by atoms with Crippen molar-refractivity contribution in [3.05, 3.63) is 59.4 Å². The minimum atomic E-state index is -0.835. The van der Waals surface area contributed by atoms with E-state index in [1.54, 1.807) is 18.7 Å². The zero-order chi connectivity index (χ0) is 21.7. The molecule has 10 heteroatoms. The molecule has 0 fully saturated rings. The van der Waals surface area contributed by atoms with E-state index in [9.17, 15) is 13.6 Å². The summed E-state index contributed by atoms with van der Waals surface area (Å²) < 4.78 is 39.4. The zero-order valence-corrected chi connectivity index (χ0v) is 17.4. The van der Waals surface area contributed by atoms with E-state index < -0.39 is 17.5 Å². The van der Waals surface area contributed by atoms with E-state index in [2.05, 4.69) is 15.5 Å². The van der Waals surface area contributed by atoms with Crippen molar-refractivity contribution in [1.82, 2.24) is 14.8 Å². The number of anilines is 1. The number of carbonyl (C=O) groups excluding carboxylic acids is 1. The molecule has 158 valence electrons. The molecule has 3 aromatic rings. The predicted octanol–water partition coefficient (Wildman–Crippen LogP) is 3.72. The van der Waals surface area contributed by atoms with Crippen molar-refractivity contribution in [1.29, 1.82) is 0 Å². The highest BCUT2D eigenvalue weighted by Crippen LogP contribution is 2.28. The Hall–Kier alpha value is -3.14. The molecule has 3 rings (SSSR count). The molecule has 1 N–H and O–H groups in total. The lowest BCUT2D eigenvalue weighted by Crippen LogP contribution is -2.15. The monoisotopic (exact) mass is 434 g/mol. The number of hydrogen-bond acceptors (Lipinski definition) is 6. The van der Waals surface area contributed by atoms with E-state index in [1.165, 1.54) is 6.07 Å². The average Bonchev–Trinajstić information content (AvgIpc) is 3.07. The van der Waals surface area contributed by atoms with Crippen LogP contribution in [0.5, 0.6) is 11.5 Å². The second kappa shape index (κ2) is 9.57. The summed E-state index contributed by atoms with van der Waals surface area (Å²) in [5.41, 5.74) is 0.969. The van der Waals surface area contributed by atoms with Crippen molar-refractivity contribution >= 4 is 23.4 Å². The van der Waals surface area contributed by atoms with E-state index in [0.717, 1.165) is 23.4 Å². The molecule has 30 heavy (non-hydrogen) atoms. The summed E-state index contributed by atoms with van der Waals surface area (Å²) in [5.74, 6) is -0.247. The van der Waals surface area contributed by atoms with Gasteiger partial charge in [-0.15, -0.1) is 10.2 Å². The minimum absolute atomic E-state index is 0.0184. The molecule has 0 aliphatic heterocycles. The Morgan fingerprint density at radius 2 is 1.97 bits per heavy atom. The molecule has 0 spiro atoms. The van der Waals surface area contributed by atoms with E-state index >= 15 is 0 Å². The SMILES string of the molecule is COc1cc(C)ccc1OCc1nnc(SCC(=O)Nc2ccc(F)cc2F)n1C. The summed E-state index contributed by atoms with van der Waals surface area (Å²) in [7, 11) is 3.33. The van der Waals surface area contributed by atoms with Gasteiger partial charge in [-0.3, -0.25) is 4.79 Å². The number of nitrogens with zero attached hydrogens (tertiary/aromatic N) is 3. The van der Waals surface area contributed by atoms with E-state index in [4.69, 9.17) is 9.47 Å². The molecule has 2 aromatic carbocycles. The number of methoxy groups -OCH3 is 1. The van der Waals surface area contributed by atoms with Crippen molar-refractivity contribution in [2.45, 2.75) is 18.7 Å². The molecule has 0 aliphatic carbocycles. The largest absolute Gasteiger partial charge is 0.493 e. The first-order valence-corrected chi connectivity index (χ1v) is 9.89. The Labute approximate surface area is 176 Å². The van der Waals surface area contributed by atoms with E-state index in [-0.39, 0.29) is 18.0 Å². The Balaban J connectivity index is 1.57. The Kier molecular flexibility index (Phi) is 6.88. The molecule has 0 bridgehead atoms. The lowest BCUT2D eigenvalue weighted by Gasteiger charge is -2.11. The number of aromatic nitrogens is 3. The third kappa shape index (κ3) is 5.26. The van der Waals surface area contributed by atoms with Crippen LogP contribution in [-0.2, 0) is 18.4 Å². The molecule has 0 atom stereocenters. The highest BCUT2D eigenvalue weighted by Gasteiger charge is 2.14. The van der Waals surface area contributed by atoms with Crippen LogP contribution in [0.25, 0.3) is 0 Å². The molecule has 7 nitrogen and oxygen atoms in total. The van der Waals surface area contributed by atoms with Gasteiger partial charge in [0.1, 0.15) is 18.2 Å². The maximum atomic E-state index is 13.6. The number of hydrogen-bond donors (Lipinski definition) is 1. The summed E-state index contributed by atoms with van der Waals surface area (Å²) >= 11 is 1.14. The molecule has 1 aromatic heterocycles. The Bertz CT molecular complexity index is 1060. The topological polar surface area (TPSA) is 78.3 Å². The number of nitrogens with one attached hydrogen (secondary N) is 1. The van der Waals surface area contributed by atoms with Crippen LogP contribution in [0.2, 0.25) is 0 Å². The normalized spacial score (nSPS) is 10.7. The fourth-order valence-electron chi connectivity index (χ4n) is 2.54. The molecular formula is C20H20F2N4O3S. The standard InChI is InChI=1S/C20H20F2N4O3S/c1-12-4-7-16(17(8-12)28-3)29-10-18-24-25-20(26(18)2)30-11-19(27)23-15-6-5-13(21)9-14(15)22/h4-9H,10-11H2,1-3H3,(H,23,27). The maximum Gasteiger partial charge on any atom is 0.234 e. The van der Waals surface area contributed by atoms with Gasteiger partial charge < -0.3 is 19.4 Å². The number of halogens is 2. The first-order chi connectivity index (χ1) is 14.4.